The van der Waals surface area contributed by atoms with Crippen molar-refractivity contribution in [2.45, 2.75) is 43.0 Å². The lowest BCUT2D eigenvalue weighted by molar-refractivity contribution is -0.119. The summed E-state index contributed by atoms with van der Waals surface area (Å²) in [4.78, 5) is 12.8. The Balaban J connectivity index is 1.54. The van der Waals surface area contributed by atoms with Crippen molar-refractivity contribution in [3.8, 4) is 0 Å². The van der Waals surface area contributed by atoms with Gasteiger partial charge in [0.05, 0.1) is 4.90 Å². The minimum Gasteiger partial charge on any atom is -0.325 e. The quantitative estimate of drug-likeness (QED) is 0.875. The van der Waals surface area contributed by atoms with Gasteiger partial charge < -0.3 is 5.32 Å². The summed E-state index contributed by atoms with van der Waals surface area (Å²) in [7, 11) is -3.85. The number of rotatable bonds is 4. The minimum absolute atomic E-state index is 0.00105. The molecule has 142 valence electrons. The predicted octanol–water partition coefficient (Wildman–Crippen LogP) is 3.11. The Bertz CT molecular complexity index is 973. The number of hydrogen-bond donors (Lipinski definition) is 1. The van der Waals surface area contributed by atoms with Crippen molar-refractivity contribution in [1.29, 1.82) is 0 Å². The van der Waals surface area contributed by atoms with E-state index < -0.39 is 21.9 Å². The van der Waals surface area contributed by atoms with E-state index in [2.05, 4.69) is 5.32 Å². The van der Waals surface area contributed by atoms with Crippen LogP contribution in [0.25, 0.3) is 0 Å². The van der Waals surface area contributed by atoms with Gasteiger partial charge in [0.1, 0.15) is 11.9 Å². The fourth-order valence-corrected chi connectivity index (χ4v) is 5.56. The molecule has 1 amide bonds. The van der Waals surface area contributed by atoms with Crippen molar-refractivity contribution in [2.75, 3.05) is 11.9 Å². The smallest absolute Gasteiger partial charge is 0.243 e. The van der Waals surface area contributed by atoms with Crippen molar-refractivity contribution in [3.63, 3.8) is 0 Å². The Kier molecular flexibility index (Phi) is 4.74. The molecule has 1 N–H and O–H groups in total. The van der Waals surface area contributed by atoms with E-state index in [1.165, 1.54) is 27.6 Å². The lowest BCUT2D eigenvalue weighted by Crippen LogP contribution is -2.43. The molecule has 0 spiro atoms. The summed E-state index contributed by atoms with van der Waals surface area (Å²) in [5.41, 5.74) is 3.26. The van der Waals surface area contributed by atoms with Gasteiger partial charge in [-0.3, -0.25) is 4.79 Å². The summed E-state index contributed by atoms with van der Waals surface area (Å²) >= 11 is 0. The molecule has 1 saturated heterocycles. The Morgan fingerprint density at radius 2 is 1.78 bits per heavy atom. The number of anilines is 1. The van der Waals surface area contributed by atoms with Crippen molar-refractivity contribution in [1.82, 2.24) is 4.31 Å². The van der Waals surface area contributed by atoms with E-state index in [0.717, 1.165) is 31.4 Å². The molecule has 0 saturated carbocycles. The highest BCUT2D eigenvalue weighted by Gasteiger charge is 2.39. The molecule has 1 aliphatic carbocycles. The van der Waals surface area contributed by atoms with E-state index in [-0.39, 0.29) is 17.3 Å². The molecule has 5 nitrogen and oxygen atoms in total. The van der Waals surface area contributed by atoms with Gasteiger partial charge in [0, 0.05) is 12.2 Å². The molecule has 1 heterocycles. The zero-order chi connectivity index (χ0) is 19.0. The Morgan fingerprint density at radius 1 is 1.04 bits per heavy atom. The fourth-order valence-electron chi connectivity index (χ4n) is 3.91. The van der Waals surface area contributed by atoms with E-state index in [4.69, 9.17) is 0 Å². The first-order valence-electron chi connectivity index (χ1n) is 9.15. The SMILES string of the molecule is O=C(Nc1ccc2c(c1)CCC2)[C@H]1CCCN1S(=O)(=O)c1ccc(F)cc1. The first kappa shape index (κ1) is 18.1. The third-order valence-electron chi connectivity index (χ3n) is 5.29. The number of carbonyl (C=O) groups excluding carboxylic acids is 1. The van der Waals surface area contributed by atoms with Crippen molar-refractivity contribution in [2.24, 2.45) is 0 Å². The van der Waals surface area contributed by atoms with Crippen LogP contribution in [0.1, 0.15) is 30.4 Å². The van der Waals surface area contributed by atoms with Gasteiger partial charge >= 0.3 is 0 Å². The Morgan fingerprint density at radius 3 is 2.56 bits per heavy atom. The summed E-state index contributed by atoms with van der Waals surface area (Å²) in [6.45, 7) is 0.280. The van der Waals surface area contributed by atoms with Crippen LogP contribution in [0, 0.1) is 5.82 Å². The highest BCUT2D eigenvalue weighted by molar-refractivity contribution is 7.89. The van der Waals surface area contributed by atoms with Crippen LogP contribution >= 0.6 is 0 Å². The van der Waals surface area contributed by atoms with Crippen LogP contribution < -0.4 is 5.32 Å². The van der Waals surface area contributed by atoms with Crippen LogP contribution in [-0.2, 0) is 27.7 Å². The molecule has 2 aliphatic rings. The molecule has 1 atom stereocenters. The summed E-state index contributed by atoms with van der Waals surface area (Å²) < 4.78 is 40.1. The van der Waals surface area contributed by atoms with Crippen LogP contribution in [0.3, 0.4) is 0 Å². The number of nitrogens with one attached hydrogen (secondary N) is 1. The van der Waals surface area contributed by atoms with Gasteiger partial charge in [-0.25, -0.2) is 12.8 Å². The number of hydrogen-bond acceptors (Lipinski definition) is 3. The number of sulfonamides is 1. The minimum atomic E-state index is -3.85. The first-order chi connectivity index (χ1) is 12.9. The number of nitrogens with zero attached hydrogens (tertiary/aromatic N) is 1. The van der Waals surface area contributed by atoms with E-state index in [1.54, 1.807) is 0 Å². The van der Waals surface area contributed by atoms with Gasteiger partial charge in [0.15, 0.2) is 0 Å². The maximum absolute atomic E-state index is 13.1. The second-order valence-electron chi connectivity index (χ2n) is 7.05. The highest BCUT2D eigenvalue weighted by atomic mass is 32.2. The van der Waals surface area contributed by atoms with Crippen LogP contribution in [0.15, 0.2) is 47.4 Å². The predicted molar refractivity (Wildman–Crippen MR) is 100 cm³/mol. The molecule has 1 fully saturated rings. The maximum atomic E-state index is 13.1. The van der Waals surface area contributed by atoms with Gasteiger partial charge in [-0.2, -0.15) is 4.31 Å². The summed E-state index contributed by atoms with van der Waals surface area (Å²) in [5, 5.41) is 2.87. The van der Waals surface area contributed by atoms with E-state index in [0.29, 0.717) is 18.5 Å². The zero-order valence-corrected chi connectivity index (χ0v) is 15.6. The molecule has 4 rings (SSSR count). The lowest BCUT2D eigenvalue weighted by atomic mass is 10.1. The van der Waals surface area contributed by atoms with Crippen LogP contribution in [-0.4, -0.2) is 31.2 Å². The summed E-state index contributed by atoms with van der Waals surface area (Å²) in [6, 6.07) is 9.82. The number of carbonyl (C=O) groups is 1. The molecule has 7 heteroatoms. The average molecular weight is 388 g/mol. The number of aryl methyl sites for hydroxylation is 2. The van der Waals surface area contributed by atoms with Gasteiger partial charge in [-0.05, 0) is 79.6 Å². The van der Waals surface area contributed by atoms with Gasteiger partial charge in [0.2, 0.25) is 15.9 Å². The molecule has 0 unspecified atom stereocenters. The van der Waals surface area contributed by atoms with Gasteiger partial charge in [-0.15, -0.1) is 0 Å². The molecule has 27 heavy (non-hydrogen) atoms. The molecule has 2 aromatic rings. The lowest BCUT2D eigenvalue weighted by Gasteiger charge is -2.23. The van der Waals surface area contributed by atoms with Crippen molar-refractivity contribution in [3.05, 3.63) is 59.4 Å². The van der Waals surface area contributed by atoms with Crippen molar-refractivity contribution >= 4 is 21.6 Å². The molecule has 0 aromatic heterocycles. The molecular weight excluding hydrogens is 367 g/mol. The topological polar surface area (TPSA) is 66.5 Å². The third kappa shape index (κ3) is 3.49. The third-order valence-corrected chi connectivity index (χ3v) is 7.21. The van der Waals surface area contributed by atoms with E-state index >= 15 is 0 Å². The van der Waals surface area contributed by atoms with Crippen LogP contribution in [0.5, 0.6) is 0 Å². The standard InChI is InChI=1S/C20H21FN2O3S/c21-16-7-10-18(11-8-16)27(25,26)23-12-2-5-19(23)20(24)22-17-9-6-14-3-1-4-15(14)13-17/h6-11,13,19H,1-5,12H2,(H,22,24)/t19-/m1/s1. The van der Waals surface area contributed by atoms with Gasteiger partial charge in [-0.1, -0.05) is 6.07 Å². The number of benzene rings is 2. The molecule has 1 aliphatic heterocycles. The normalized spacial score (nSPS) is 19.8. The number of fused-ring (bicyclic) bond motifs is 1. The van der Waals surface area contributed by atoms with Crippen LogP contribution in [0.4, 0.5) is 10.1 Å². The molecular formula is C20H21FN2O3S. The highest BCUT2D eigenvalue weighted by Crippen LogP contribution is 2.28. The monoisotopic (exact) mass is 388 g/mol. The molecule has 0 radical (unpaired) electrons. The molecule has 0 bridgehead atoms. The Labute approximate surface area is 158 Å². The number of halogens is 1. The average Bonchev–Trinajstić information content (AvgIpc) is 3.31. The van der Waals surface area contributed by atoms with Gasteiger partial charge in [0.25, 0.3) is 0 Å². The Hall–Kier alpha value is -2.25. The molecule has 2 aromatic carbocycles. The maximum Gasteiger partial charge on any atom is 0.243 e. The summed E-state index contributed by atoms with van der Waals surface area (Å²) in [6.07, 6.45) is 4.28. The van der Waals surface area contributed by atoms with Crippen molar-refractivity contribution < 1.29 is 17.6 Å². The van der Waals surface area contributed by atoms with Crippen LogP contribution in [0.2, 0.25) is 0 Å². The second-order valence-corrected chi connectivity index (χ2v) is 8.94. The number of amides is 1. The second kappa shape index (κ2) is 7.05. The fraction of sp³-hybridized carbons (Fsp3) is 0.350. The largest absolute Gasteiger partial charge is 0.325 e. The van der Waals surface area contributed by atoms with E-state index in [1.807, 2.05) is 18.2 Å². The first-order valence-corrected chi connectivity index (χ1v) is 10.6. The zero-order valence-electron chi connectivity index (χ0n) is 14.8. The van der Waals surface area contributed by atoms with E-state index in [9.17, 15) is 17.6 Å². The summed E-state index contributed by atoms with van der Waals surface area (Å²) in [5.74, 6) is -0.822.